The van der Waals surface area contributed by atoms with Crippen LogP contribution in [0.25, 0.3) is 0 Å². The van der Waals surface area contributed by atoms with Gasteiger partial charge in [-0.2, -0.15) is 0 Å². The van der Waals surface area contributed by atoms with Gasteiger partial charge >= 0.3 is 0 Å². The third kappa shape index (κ3) is 7.85. The average molecular weight is 574 g/mol. The monoisotopic (exact) mass is 573 g/mol. The molecule has 1 heterocycles. The molecule has 2 aliphatic rings. The molecule has 1 aliphatic heterocycles. The number of carbonyl (C=O) groups excluding carboxylic acids is 2. The molecule has 41 heavy (non-hydrogen) atoms. The number of para-hydroxylation sites is 1. The number of nitrogens with one attached hydrogen (secondary N) is 1. The Morgan fingerprint density at radius 2 is 1.59 bits per heavy atom. The topological polar surface area (TPSA) is 52.7 Å². The summed E-state index contributed by atoms with van der Waals surface area (Å²) in [5.41, 5.74) is 2.80. The molecule has 0 spiro atoms. The second-order valence-corrected chi connectivity index (χ2v) is 11.4. The molecule has 5 rings (SSSR count). The highest BCUT2D eigenvalue weighted by atomic mass is 35.5. The summed E-state index contributed by atoms with van der Waals surface area (Å²) in [6.07, 6.45) is 7.30. The van der Waals surface area contributed by atoms with Gasteiger partial charge in [-0.15, -0.1) is 0 Å². The van der Waals surface area contributed by atoms with E-state index in [0.717, 1.165) is 69.4 Å². The number of likely N-dealkylation sites (tertiary alicyclic amines) is 1. The maximum atomic E-state index is 12.5. The molecule has 218 valence electrons. The first-order valence-electron chi connectivity index (χ1n) is 15.1. The zero-order valence-corrected chi connectivity index (χ0v) is 25.3. The largest absolute Gasteiger partial charge is 0.309 e. The summed E-state index contributed by atoms with van der Waals surface area (Å²) in [7, 11) is 1.84. The van der Waals surface area contributed by atoms with Crippen molar-refractivity contribution in [2.45, 2.75) is 69.9 Å². The van der Waals surface area contributed by atoms with E-state index in [2.05, 4.69) is 52.7 Å². The minimum Gasteiger partial charge on any atom is -0.309 e. The predicted molar refractivity (Wildman–Crippen MR) is 169 cm³/mol. The fraction of sp³-hybridized carbons (Fsp3) is 0.429. The Morgan fingerprint density at radius 1 is 0.951 bits per heavy atom. The summed E-state index contributed by atoms with van der Waals surface area (Å²) in [4.78, 5) is 29.3. The lowest BCUT2D eigenvalue weighted by Gasteiger charge is -2.38. The summed E-state index contributed by atoms with van der Waals surface area (Å²) >= 11 is 6.20. The van der Waals surface area contributed by atoms with Gasteiger partial charge in [-0.3, -0.25) is 9.59 Å². The zero-order chi connectivity index (χ0) is 29.1. The van der Waals surface area contributed by atoms with Crippen LogP contribution in [-0.2, 0) is 21.5 Å². The van der Waals surface area contributed by atoms with Gasteiger partial charge in [-0.25, -0.2) is 0 Å². The minimum absolute atomic E-state index is 0.230. The number of rotatable bonds is 8. The second kappa shape index (κ2) is 15.3. The lowest BCUT2D eigenvalue weighted by Crippen LogP contribution is -2.49. The Balaban J connectivity index is 0.000000208. The van der Waals surface area contributed by atoms with Crippen LogP contribution in [0.2, 0.25) is 5.02 Å². The fourth-order valence-corrected chi connectivity index (χ4v) is 6.47. The van der Waals surface area contributed by atoms with Gasteiger partial charge in [0.1, 0.15) is 5.54 Å². The van der Waals surface area contributed by atoms with E-state index in [1.165, 1.54) is 5.56 Å². The SMILES string of the molecule is CCC(=O)N(c1ccccc1)C1CCN(CCc2ccccc2)CC1.CNC1(c2ccccc2Cl)CCCCC1=O. The number of benzene rings is 3. The normalized spacial score (nSPS) is 19.7. The summed E-state index contributed by atoms with van der Waals surface area (Å²) in [6.45, 7) is 5.19. The van der Waals surface area contributed by atoms with Gasteiger partial charge < -0.3 is 15.1 Å². The number of Topliss-reactive ketones (excluding diaryl/α,β-unsaturated/α-hetero) is 1. The Morgan fingerprint density at radius 3 is 2.20 bits per heavy atom. The Hall–Kier alpha value is -2.99. The summed E-state index contributed by atoms with van der Waals surface area (Å²) in [5.74, 6) is 0.489. The number of hydrogen-bond acceptors (Lipinski definition) is 4. The van der Waals surface area contributed by atoms with Crippen LogP contribution in [0.5, 0.6) is 0 Å². The van der Waals surface area contributed by atoms with Gasteiger partial charge in [0, 0.05) is 49.2 Å². The fourth-order valence-electron chi connectivity index (χ4n) is 6.17. The van der Waals surface area contributed by atoms with Crippen LogP contribution >= 0.6 is 11.6 Å². The maximum absolute atomic E-state index is 12.5. The number of nitrogens with zero attached hydrogens (tertiary/aromatic N) is 2. The Kier molecular flexibility index (Phi) is 11.6. The molecule has 0 radical (unpaired) electrons. The van der Waals surface area contributed by atoms with Crippen LogP contribution < -0.4 is 10.2 Å². The van der Waals surface area contributed by atoms with Crippen molar-refractivity contribution >= 4 is 29.0 Å². The lowest BCUT2D eigenvalue weighted by molar-refractivity contribution is -0.127. The van der Waals surface area contributed by atoms with Crippen LogP contribution in [0.4, 0.5) is 5.69 Å². The second-order valence-electron chi connectivity index (χ2n) is 11.0. The molecule has 3 aromatic rings. The van der Waals surface area contributed by atoms with Gasteiger partial charge in [-0.1, -0.05) is 91.7 Å². The van der Waals surface area contributed by atoms with Crippen LogP contribution in [0.1, 0.15) is 63.0 Å². The van der Waals surface area contributed by atoms with Crippen LogP contribution in [0.3, 0.4) is 0 Å². The lowest BCUT2D eigenvalue weighted by atomic mass is 9.75. The highest BCUT2D eigenvalue weighted by molar-refractivity contribution is 6.31. The van der Waals surface area contributed by atoms with E-state index in [1.54, 1.807) is 0 Å². The van der Waals surface area contributed by atoms with Gasteiger partial charge in [0.2, 0.25) is 5.91 Å². The Labute approximate surface area is 250 Å². The van der Waals surface area contributed by atoms with Crippen molar-refractivity contribution < 1.29 is 9.59 Å². The zero-order valence-electron chi connectivity index (χ0n) is 24.5. The molecular formula is C35H44ClN3O2. The molecule has 6 heteroatoms. The van der Waals surface area contributed by atoms with Gasteiger partial charge in [0.05, 0.1) is 0 Å². The molecular weight excluding hydrogens is 530 g/mol. The van der Waals surface area contributed by atoms with Crippen LogP contribution in [0.15, 0.2) is 84.9 Å². The van der Waals surface area contributed by atoms with E-state index in [9.17, 15) is 9.59 Å². The van der Waals surface area contributed by atoms with E-state index < -0.39 is 5.54 Å². The summed E-state index contributed by atoms with van der Waals surface area (Å²) in [5, 5.41) is 3.86. The first kappa shape index (κ1) is 31.0. The quantitative estimate of drug-likeness (QED) is 0.314. The molecule has 2 fully saturated rings. The molecule has 1 amide bonds. The van der Waals surface area contributed by atoms with Gasteiger partial charge in [0.25, 0.3) is 0 Å². The number of likely N-dealkylation sites (N-methyl/N-ethyl adjacent to an activating group) is 1. The number of amides is 1. The third-order valence-electron chi connectivity index (χ3n) is 8.53. The van der Waals surface area contributed by atoms with Gasteiger partial charge in [0.15, 0.2) is 5.78 Å². The Bertz CT molecular complexity index is 1240. The average Bonchev–Trinajstić information content (AvgIpc) is 3.03. The molecule has 5 nitrogen and oxygen atoms in total. The number of piperidine rings is 1. The van der Waals surface area contributed by atoms with Crippen molar-refractivity contribution in [3.8, 4) is 0 Å². The molecule has 1 unspecified atom stereocenters. The summed E-state index contributed by atoms with van der Waals surface area (Å²) in [6, 6.07) is 28.7. The predicted octanol–water partition coefficient (Wildman–Crippen LogP) is 7.03. The molecule has 1 saturated carbocycles. The van der Waals surface area contributed by atoms with Crippen LogP contribution in [-0.4, -0.2) is 49.3 Å². The molecule has 1 aliphatic carbocycles. The van der Waals surface area contributed by atoms with E-state index in [0.29, 0.717) is 23.9 Å². The highest BCUT2D eigenvalue weighted by Gasteiger charge is 2.41. The first-order chi connectivity index (χ1) is 20.0. The molecule has 3 aromatic carbocycles. The van der Waals surface area contributed by atoms with Crippen molar-refractivity contribution in [2.24, 2.45) is 0 Å². The number of anilines is 1. The number of hydrogen-bond donors (Lipinski definition) is 1. The standard InChI is InChI=1S/C22H28N2O.C13H16ClNO/c1-2-22(25)24(20-11-7-4-8-12-20)21-14-17-23(18-15-21)16-13-19-9-5-3-6-10-19;1-15-13(9-5-4-8-12(13)16)10-6-2-3-7-11(10)14/h3-12,21H,2,13-18H2,1H3;2-3,6-7,15H,4-5,8-9H2,1H3. The molecule has 1 N–H and O–H groups in total. The number of halogens is 1. The molecule has 0 bridgehead atoms. The van der Waals surface area contributed by atoms with Crippen molar-refractivity contribution in [1.29, 1.82) is 0 Å². The molecule has 0 aromatic heterocycles. The van der Waals surface area contributed by atoms with Crippen molar-refractivity contribution in [1.82, 2.24) is 10.2 Å². The van der Waals surface area contributed by atoms with E-state index in [1.807, 2.05) is 61.3 Å². The van der Waals surface area contributed by atoms with Gasteiger partial charge in [-0.05, 0) is 68.5 Å². The molecule has 1 atom stereocenters. The van der Waals surface area contributed by atoms with Crippen molar-refractivity contribution in [3.05, 3.63) is 101 Å². The van der Waals surface area contributed by atoms with Crippen LogP contribution in [0, 0.1) is 0 Å². The number of ketones is 1. The smallest absolute Gasteiger partial charge is 0.226 e. The first-order valence-corrected chi connectivity index (χ1v) is 15.5. The third-order valence-corrected chi connectivity index (χ3v) is 8.86. The van der Waals surface area contributed by atoms with E-state index in [-0.39, 0.29) is 11.7 Å². The minimum atomic E-state index is -0.559. The summed E-state index contributed by atoms with van der Waals surface area (Å²) < 4.78 is 0. The highest BCUT2D eigenvalue weighted by Crippen LogP contribution is 2.37. The number of carbonyl (C=O) groups is 2. The van der Waals surface area contributed by atoms with E-state index >= 15 is 0 Å². The van der Waals surface area contributed by atoms with Crippen molar-refractivity contribution in [2.75, 3.05) is 31.6 Å². The maximum Gasteiger partial charge on any atom is 0.226 e. The molecule has 1 saturated heterocycles. The van der Waals surface area contributed by atoms with Crippen molar-refractivity contribution in [3.63, 3.8) is 0 Å². The van der Waals surface area contributed by atoms with E-state index in [4.69, 9.17) is 11.6 Å².